The fourth-order valence-corrected chi connectivity index (χ4v) is 3.80. The summed E-state index contributed by atoms with van der Waals surface area (Å²) in [6, 6.07) is 14.3. The van der Waals surface area contributed by atoms with Crippen LogP contribution in [0.3, 0.4) is 0 Å². The number of nitrogens with zero attached hydrogens (tertiary/aromatic N) is 1. The molecule has 2 aromatic carbocycles. The van der Waals surface area contributed by atoms with E-state index in [2.05, 4.69) is 10.6 Å². The lowest BCUT2D eigenvalue weighted by Gasteiger charge is -2.21. The molecule has 0 aliphatic carbocycles. The van der Waals surface area contributed by atoms with Gasteiger partial charge >= 0.3 is 6.03 Å². The predicted molar refractivity (Wildman–Crippen MR) is 108 cm³/mol. The maximum atomic E-state index is 13.5. The number of benzene rings is 2. The summed E-state index contributed by atoms with van der Waals surface area (Å²) in [5, 5.41) is 7.22. The van der Waals surface area contributed by atoms with Crippen molar-refractivity contribution in [2.45, 2.75) is 32.4 Å². The van der Waals surface area contributed by atoms with Crippen molar-refractivity contribution < 1.29 is 13.6 Å². The van der Waals surface area contributed by atoms with Crippen LogP contribution < -0.4 is 10.6 Å². The average Bonchev–Trinajstić information content (AvgIpc) is 3.28. The zero-order valence-electron chi connectivity index (χ0n) is 16.0. The molecule has 2 atom stereocenters. The Bertz CT molecular complexity index is 986. The molecule has 2 amide bonds. The van der Waals surface area contributed by atoms with Crippen LogP contribution in [0.25, 0.3) is 11.0 Å². The number of hydrogen-bond acceptors (Lipinski definition) is 3. The first-order valence-electron chi connectivity index (χ1n) is 9.57. The number of furan rings is 1. The minimum absolute atomic E-state index is 0.115. The van der Waals surface area contributed by atoms with Gasteiger partial charge in [0.25, 0.3) is 0 Å². The van der Waals surface area contributed by atoms with Crippen molar-refractivity contribution in [3.63, 3.8) is 0 Å². The summed E-state index contributed by atoms with van der Waals surface area (Å²) >= 11 is 0. The Labute approximate surface area is 163 Å². The Balaban J connectivity index is 1.39. The van der Waals surface area contributed by atoms with Gasteiger partial charge in [-0.15, -0.1) is 0 Å². The first-order valence-corrected chi connectivity index (χ1v) is 9.57. The predicted octanol–water partition coefficient (Wildman–Crippen LogP) is 4.84. The summed E-state index contributed by atoms with van der Waals surface area (Å²) in [6.07, 6.45) is 0.902. The smallest absolute Gasteiger partial charge is 0.318 e. The van der Waals surface area contributed by atoms with E-state index >= 15 is 0 Å². The molecule has 3 aromatic rings. The van der Waals surface area contributed by atoms with E-state index in [1.807, 2.05) is 49.1 Å². The number of hydrogen-bond donors (Lipinski definition) is 2. The van der Waals surface area contributed by atoms with Gasteiger partial charge in [0.1, 0.15) is 17.2 Å². The van der Waals surface area contributed by atoms with Gasteiger partial charge in [0, 0.05) is 35.8 Å². The van der Waals surface area contributed by atoms with E-state index in [0.29, 0.717) is 24.4 Å². The van der Waals surface area contributed by atoms with Crippen LogP contribution in [-0.4, -0.2) is 30.1 Å². The van der Waals surface area contributed by atoms with Gasteiger partial charge in [-0.25, -0.2) is 9.18 Å². The van der Waals surface area contributed by atoms with Gasteiger partial charge in [0.2, 0.25) is 0 Å². The van der Waals surface area contributed by atoms with Crippen LogP contribution in [0.5, 0.6) is 0 Å². The number of halogens is 1. The maximum Gasteiger partial charge on any atom is 0.318 e. The molecule has 2 N–H and O–H groups in total. The lowest BCUT2D eigenvalue weighted by atomic mass is 10.1. The Kier molecular flexibility index (Phi) is 4.94. The number of nitrogens with one attached hydrogen (secondary N) is 2. The zero-order chi connectivity index (χ0) is 19.7. The molecular weight excluding hydrogens is 357 g/mol. The van der Waals surface area contributed by atoms with Crippen LogP contribution >= 0.6 is 0 Å². The number of fused-ring (bicyclic) bond motifs is 1. The number of carbonyl (C=O) groups excluding carboxylic acids is 1. The summed E-state index contributed by atoms with van der Waals surface area (Å²) in [6.45, 7) is 5.12. The molecule has 0 spiro atoms. The molecule has 0 radical (unpaired) electrons. The number of carbonyl (C=O) groups is 1. The normalized spacial score (nSPS) is 17.7. The van der Waals surface area contributed by atoms with Crippen molar-refractivity contribution in [2.75, 3.05) is 18.4 Å². The third kappa shape index (κ3) is 3.67. The van der Waals surface area contributed by atoms with Gasteiger partial charge in [0.05, 0.1) is 6.04 Å². The second kappa shape index (κ2) is 7.54. The second-order valence-corrected chi connectivity index (χ2v) is 7.34. The Morgan fingerprint density at radius 2 is 2.04 bits per heavy atom. The standard InChI is InChI=1S/C22H24FN3O2/c1-14-19-12-16(23)8-9-20(19)28-21(14)15(2)24-22(27)26-11-10-18(13-26)25-17-6-4-3-5-7-17/h3-9,12,15,18,25H,10-11,13H2,1-2H3,(H,24,27). The molecule has 2 unspecified atom stereocenters. The summed E-state index contributed by atoms with van der Waals surface area (Å²) in [4.78, 5) is 14.5. The van der Waals surface area contributed by atoms with Crippen LogP contribution in [0.2, 0.25) is 0 Å². The molecule has 0 bridgehead atoms. The third-order valence-corrected chi connectivity index (χ3v) is 5.29. The van der Waals surface area contributed by atoms with Crippen molar-refractivity contribution in [1.29, 1.82) is 0 Å². The third-order valence-electron chi connectivity index (χ3n) is 5.29. The number of likely N-dealkylation sites (tertiary alicyclic amines) is 1. The molecule has 1 aliphatic heterocycles. The first-order chi connectivity index (χ1) is 13.5. The molecule has 2 heterocycles. The van der Waals surface area contributed by atoms with Gasteiger partial charge < -0.3 is 20.0 Å². The first kappa shape index (κ1) is 18.3. The van der Waals surface area contributed by atoms with Crippen molar-refractivity contribution in [2.24, 2.45) is 0 Å². The zero-order valence-corrected chi connectivity index (χ0v) is 16.0. The molecule has 4 rings (SSSR count). The van der Waals surface area contributed by atoms with Crippen molar-refractivity contribution in [1.82, 2.24) is 10.2 Å². The van der Waals surface area contributed by atoms with Crippen molar-refractivity contribution in [3.8, 4) is 0 Å². The van der Waals surface area contributed by atoms with Gasteiger partial charge in [-0.05, 0) is 50.6 Å². The van der Waals surface area contributed by atoms with Crippen molar-refractivity contribution >= 4 is 22.7 Å². The molecule has 0 saturated carbocycles. The van der Waals surface area contributed by atoms with E-state index in [9.17, 15) is 9.18 Å². The number of urea groups is 1. The minimum atomic E-state index is -0.302. The van der Waals surface area contributed by atoms with Crippen LogP contribution in [-0.2, 0) is 0 Å². The van der Waals surface area contributed by atoms with E-state index in [1.165, 1.54) is 12.1 Å². The molecular formula is C22H24FN3O2. The number of anilines is 1. The molecule has 1 aromatic heterocycles. The van der Waals surface area contributed by atoms with Gasteiger partial charge in [-0.1, -0.05) is 18.2 Å². The van der Waals surface area contributed by atoms with E-state index in [1.54, 1.807) is 6.07 Å². The fraction of sp³-hybridized carbons (Fsp3) is 0.318. The summed E-state index contributed by atoms with van der Waals surface area (Å²) < 4.78 is 19.4. The Hall–Kier alpha value is -3.02. The fourth-order valence-electron chi connectivity index (χ4n) is 3.80. The highest BCUT2D eigenvalue weighted by Gasteiger charge is 2.28. The molecule has 146 valence electrons. The van der Waals surface area contributed by atoms with E-state index in [-0.39, 0.29) is 23.9 Å². The summed E-state index contributed by atoms with van der Waals surface area (Å²) in [7, 11) is 0. The van der Waals surface area contributed by atoms with E-state index < -0.39 is 0 Å². The molecule has 5 nitrogen and oxygen atoms in total. The minimum Gasteiger partial charge on any atom is -0.459 e. The topological polar surface area (TPSA) is 57.5 Å². The van der Waals surface area contributed by atoms with Crippen molar-refractivity contribution in [3.05, 3.63) is 65.7 Å². The molecule has 1 fully saturated rings. The molecule has 1 aliphatic rings. The Morgan fingerprint density at radius 1 is 1.25 bits per heavy atom. The quantitative estimate of drug-likeness (QED) is 0.680. The summed E-state index contributed by atoms with van der Waals surface area (Å²) in [5.41, 5.74) is 2.55. The van der Waals surface area contributed by atoms with Crippen LogP contribution in [0.1, 0.15) is 30.7 Å². The maximum absolute atomic E-state index is 13.5. The number of para-hydroxylation sites is 1. The molecule has 6 heteroatoms. The van der Waals surface area contributed by atoms with E-state index in [4.69, 9.17) is 4.42 Å². The largest absolute Gasteiger partial charge is 0.459 e. The van der Waals surface area contributed by atoms with Crippen LogP contribution in [0.4, 0.5) is 14.9 Å². The lowest BCUT2D eigenvalue weighted by Crippen LogP contribution is -2.40. The van der Waals surface area contributed by atoms with Crippen LogP contribution in [0, 0.1) is 12.7 Å². The lowest BCUT2D eigenvalue weighted by molar-refractivity contribution is 0.203. The van der Waals surface area contributed by atoms with Gasteiger partial charge in [-0.3, -0.25) is 0 Å². The van der Waals surface area contributed by atoms with Gasteiger partial charge in [-0.2, -0.15) is 0 Å². The highest BCUT2D eigenvalue weighted by Crippen LogP contribution is 2.30. The SMILES string of the molecule is Cc1c(C(C)NC(=O)N2CCC(Nc3ccccc3)C2)oc2ccc(F)cc12. The van der Waals surface area contributed by atoms with Gasteiger partial charge in [0.15, 0.2) is 0 Å². The summed E-state index contributed by atoms with van der Waals surface area (Å²) in [5.74, 6) is 0.362. The van der Waals surface area contributed by atoms with E-state index in [0.717, 1.165) is 23.1 Å². The molecule has 1 saturated heterocycles. The monoisotopic (exact) mass is 381 g/mol. The average molecular weight is 381 g/mol. The highest BCUT2D eigenvalue weighted by molar-refractivity contribution is 5.82. The number of aryl methyl sites for hydroxylation is 1. The van der Waals surface area contributed by atoms with Crippen LogP contribution in [0.15, 0.2) is 52.9 Å². The second-order valence-electron chi connectivity index (χ2n) is 7.34. The number of rotatable bonds is 4. The molecule has 28 heavy (non-hydrogen) atoms. The highest BCUT2D eigenvalue weighted by atomic mass is 19.1. The number of amides is 2. The Morgan fingerprint density at radius 3 is 2.82 bits per heavy atom.